The van der Waals surface area contributed by atoms with Crippen LogP contribution < -0.4 is 16.1 Å². The van der Waals surface area contributed by atoms with Gasteiger partial charge >= 0.3 is 5.97 Å². The average Bonchev–Trinajstić information content (AvgIpc) is 3.22. The maximum Gasteiger partial charge on any atom is 0.341 e. The first kappa shape index (κ1) is 21.1. The maximum atomic E-state index is 14.8. The average molecular weight is 442 g/mol. The molecule has 1 atom stereocenters. The predicted octanol–water partition coefficient (Wildman–Crippen LogP) is 1.27. The van der Waals surface area contributed by atoms with E-state index in [-0.39, 0.29) is 41.9 Å². The van der Waals surface area contributed by atoms with Crippen molar-refractivity contribution in [3.05, 3.63) is 45.4 Å². The number of aromatic nitrogens is 3. The van der Waals surface area contributed by atoms with Gasteiger partial charge in [0, 0.05) is 37.4 Å². The second-order valence-electron chi connectivity index (χ2n) is 6.20. The van der Waals surface area contributed by atoms with Crippen molar-refractivity contribution in [3.63, 3.8) is 0 Å². The minimum Gasteiger partial charge on any atom is -0.477 e. The standard InChI is InChI=1S/C17H16FN5O4S.ClH/c18-12-5-10-13(24)11(16(25)26)8-23(17-20-1-4-28-17)14(10)21-15(12)22-2-3-27-9(6-19)7-22;/h1,4-5,8-9H,2-3,6-7,19H2,(H,25,26);1H. The van der Waals surface area contributed by atoms with Crippen LogP contribution in [0.5, 0.6) is 0 Å². The third-order valence-electron chi connectivity index (χ3n) is 4.47. The quantitative estimate of drug-likeness (QED) is 0.620. The van der Waals surface area contributed by atoms with Gasteiger partial charge in [0.1, 0.15) is 5.56 Å². The van der Waals surface area contributed by atoms with Gasteiger partial charge in [-0.2, -0.15) is 0 Å². The van der Waals surface area contributed by atoms with Crippen LogP contribution >= 0.6 is 23.7 Å². The molecule has 0 spiro atoms. The highest BCUT2D eigenvalue weighted by Crippen LogP contribution is 2.25. The van der Waals surface area contributed by atoms with Crippen molar-refractivity contribution in [3.8, 4) is 5.13 Å². The number of hydrogen-bond acceptors (Lipinski definition) is 8. The number of halogens is 2. The molecule has 4 rings (SSSR count). The second kappa shape index (κ2) is 8.41. The molecule has 3 aromatic heterocycles. The van der Waals surface area contributed by atoms with Gasteiger partial charge < -0.3 is 20.5 Å². The molecule has 9 nitrogen and oxygen atoms in total. The number of carbonyl (C=O) groups is 1. The van der Waals surface area contributed by atoms with Crippen LogP contribution in [0.15, 0.2) is 28.6 Å². The van der Waals surface area contributed by atoms with E-state index in [1.54, 1.807) is 16.5 Å². The fourth-order valence-corrected chi connectivity index (χ4v) is 3.74. The van der Waals surface area contributed by atoms with Gasteiger partial charge in [-0.25, -0.2) is 19.2 Å². The van der Waals surface area contributed by atoms with Crippen LogP contribution in [0.1, 0.15) is 10.4 Å². The van der Waals surface area contributed by atoms with Crippen LogP contribution in [0, 0.1) is 5.82 Å². The lowest BCUT2D eigenvalue weighted by molar-refractivity contribution is 0.0461. The number of carboxylic acids is 1. The van der Waals surface area contributed by atoms with E-state index in [9.17, 15) is 19.1 Å². The topological polar surface area (TPSA) is 124 Å². The Morgan fingerprint density at radius 2 is 2.28 bits per heavy atom. The number of thiazole rings is 1. The lowest BCUT2D eigenvalue weighted by Crippen LogP contribution is -2.46. The van der Waals surface area contributed by atoms with Crippen molar-refractivity contribution in [1.29, 1.82) is 0 Å². The van der Waals surface area contributed by atoms with Gasteiger partial charge in [0.05, 0.1) is 18.1 Å². The molecule has 0 aliphatic carbocycles. The highest BCUT2D eigenvalue weighted by Gasteiger charge is 2.25. The Balaban J connectivity index is 0.00000240. The molecule has 1 unspecified atom stereocenters. The summed E-state index contributed by atoms with van der Waals surface area (Å²) in [5, 5.41) is 11.4. The van der Waals surface area contributed by atoms with Crippen LogP contribution in [-0.4, -0.2) is 58.0 Å². The van der Waals surface area contributed by atoms with E-state index in [2.05, 4.69) is 9.97 Å². The first-order chi connectivity index (χ1) is 13.5. The van der Waals surface area contributed by atoms with Gasteiger partial charge in [-0.1, -0.05) is 0 Å². The number of nitrogens with two attached hydrogens (primary N) is 1. The van der Waals surface area contributed by atoms with Crippen molar-refractivity contribution >= 4 is 46.6 Å². The molecule has 0 saturated carbocycles. The summed E-state index contributed by atoms with van der Waals surface area (Å²) in [4.78, 5) is 34.3. The smallest absolute Gasteiger partial charge is 0.341 e. The predicted molar refractivity (Wildman–Crippen MR) is 108 cm³/mol. The van der Waals surface area contributed by atoms with Crippen molar-refractivity contribution in [2.45, 2.75) is 6.10 Å². The fourth-order valence-electron chi connectivity index (χ4n) is 3.12. The van der Waals surface area contributed by atoms with Gasteiger partial charge in [-0.15, -0.1) is 23.7 Å². The molecule has 12 heteroatoms. The zero-order valence-corrected chi connectivity index (χ0v) is 16.6. The normalized spacial score (nSPS) is 16.6. The van der Waals surface area contributed by atoms with Crippen molar-refractivity contribution in [2.75, 3.05) is 31.1 Å². The second-order valence-corrected chi connectivity index (χ2v) is 7.07. The zero-order valence-electron chi connectivity index (χ0n) is 14.9. The lowest BCUT2D eigenvalue weighted by atomic mass is 10.2. The molecule has 154 valence electrons. The van der Waals surface area contributed by atoms with Crippen LogP contribution in [-0.2, 0) is 4.74 Å². The summed E-state index contributed by atoms with van der Waals surface area (Å²) in [6, 6.07) is 1.03. The third-order valence-corrected chi connectivity index (χ3v) is 5.24. The number of aromatic carboxylic acids is 1. The molecule has 4 heterocycles. The number of hydrogen-bond donors (Lipinski definition) is 2. The molecular weight excluding hydrogens is 425 g/mol. The molecule has 1 aliphatic heterocycles. The number of fused-ring (bicyclic) bond motifs is 1. The molecule has 3 aromatic rings. The first-order valence-corrected chi connectivity index (χ1v) is 9.33. The Morgan fingerprint density at radius 1 is 1.48 bits per heavy atom. The third kappa shape index (κ3) is 3.81. The SMILES string of the molecule is Cl.NCC1CN(c2nc3c(cc2F)c(=O)c(C(=O)O)cn3-c2nccs2)CCO1. The molecule has 29 heavy (non-hydrogen) atoms. The van der Waals surface area contributed by atoms with Crippen LogP contribution in [0.25, 0.3) is 16.2 Å². The Kier molecular flexibility index (Phi) is 6.13. The van der Waals surface area contributed by atoms with E-state index in [0.29, 0.717) is 24.8 Å². The number of morpholine rings is 1. The Morgan fingerprint density at radius 3 is 2.93 bits per heavy atom. The molecule has 1 fully saturated rings. The van der Waals surface area contributed by atoms with Crippen LogP contribution in [0.2, 0.25) is 0 Å². The van der Waals surface area contributed by atoms with Crippen LogP contribution in [0.4, 0.5) is 10.2 Å². The summed E-state index contributed by atoms with van der Waals surface area (Å²) in [5.41, 5.74) is 4.51. The maximum absolute atomic E-state index is 14.8. The Bertz CT molecular complexity index is 1110. The summed E-state index contributed by atoms with van der Waals surface area (Å²) in [7, 11) is 0. The first-order valence-electron chi connectivity index (χ1n) is 8.45. The Hall–Kier alpha value is -2.60. The fraction of sp³-hybridized carbons (Fsp3) is 0.294. The summed E-state index contributed by atoms with van der Waals surface area (Å²) in [6.45, 7) is 1.44. The number of ether oxygens (including phenoxy) is 1. The molecule has 0 amide bonds. The van der Waals surface area contributed by atoms with E-state index in [1.165, 1.54) is 22.1 Å². The number of nitrogens with zero attached hydrogens (tertiary/aromatic N) is 4. The van der Waals surface area contributed by atoms with Gasteiger partial charge in [-0.05, 0) is 6.07 Å². The summed E-state index contributed by atoms with van der Waals surface area (Å²) < 4.78 is 21.7. The number of carboxylic acid groups (broad SMARTS) is 1. The summed E-state index contributed by atoms with van der Waals surface area (Å²) >= 11 is 1.24. The van der Waals surface area contributed by atoms with E-state index in [4.69, 9.17) is 10.5 Å². The van der Waals surface area contributed by atoms with Crippen LogP contribution in [0.3, 0.4) is 0 Å². The molecule has 1 saturated heterocycles. The van der Waals surface area contributed by atoms with E-state index in [0.717, 1.165) is 6.07 Å². The van der Waals surface area contributed by atoms with Crippen molar-refractivity contribution in [2.24, 2.45) is 5.73 Å². The molecule has 3 N–H and O–H groups in total. The Labute approximate surface area is 174 Å². The lowest BCUT2D eigenvalue weighted by Gasteiger charge is -2.33. The molecule has 0 bridgehead atoms. The highest BCUT2D eigenvalue weighted by atomic mass is 35.5. The van der Waals surface area contributed by atoms with Gasteiger partial charge in [0.25, 0.3) is 0 Å². The summed E-state index contributed by atoms with van der Waals surface area (Å²) in [5.74, 6) is -2.06. The highest BCUT2D eigenvalue weighted by molar-refractivity contribution is 7.12. The van der Waals surface area contributed by atoms with E-state index in [1.807, 2.05) is 0 Å². The molecule has 0 radical (unpaired) electrons. The monoisotopic (exact) mass is 441 g/mol. The van der Waals surface area contributed by atoms with Gasteiger partial charge in [0.2, 0.25) is 5.43 Å². The minimum atomic E-state index is -1.40. The zero-order chi connectivity index (χ0) is 19.8. The van der Waals surface area contributed by atoms with E-state index >= 15 is 0 Å². The number of pyridine rings is 2. The van der Waals surface area contributed by atoms with Crippen molar-refractivity contribution < 1.29 is 19.0 Å². The number of anilines is 1. The molecular formula is C17H17ClFN5O4S. The van der Waals surface area contributed by atoms with Crippen molar-refractivity contribution in [1.82, 2.24) is 14.5 Å². The number of rotatable bonds is 4. The summed E-state index contributed by atoms with van der Waals surface area (Å²) in [6.07, 6.45) is 2.46. The largest absolute Gasteiger partial charge is 0.477 e. The molecule has 0 aromatic carbocycles. The van der Waals surface area contributed by atoms with Gasteiger partial charge in [0.15, 0.2) is 22.4 Å². The van der Waals surface area contributed by atoms with E-state index < -0.39 is 22.8 Å². The molecule has 1 aliphatic rings. The van der Waals surface area contributed by atoms with Gasteiger partial charge in [-0.3, -0.25) is 9.36 Å². The minimum absolute atomic E-state index is 0.